The molecule has 1 saturated heterocycles. The average Bonchev–Trinajstić information content (AvgIpc) is 2.35. The van der Waals surface area contributed by atoms with Gasteiger partial charge in [0.1, 0.15) is 0 Å². The molecule has 0 aromatic rings. The molecule has 0 amide bonds. The largest absolute Gasteiger partial charge is 0.481 e. The van der Waals surface area contributed by atoms with Crippen LogP contribution in [-0.2, 0) is 9.53 Å². The Morgan fingerprint density at radius 2 is 2.29 bits per heavy atom. The maximum atomic E-state index is 10.8. The van der Waals surface area contributed by atoms with Crippen molar-refractivity contribution >= 4 is 5.97 Å². The average molecular weight is 244 g/mol. The Morgan fingerprint density at radius 1 is 1.59 bits per heavy atom. The third-order valence-electron chi connectivity index (χ3n) is 3.48. The lowest BCUT2D eigenvalue weighted by atomic mass is 10.0. The number of nitrogens with one attached hydrogen (secondary N) is 1. The topological polar surface area (TPSA) is 61.8 Å². The van der Waals surface area contributed by atoms with E-state index in [9.17, 15) is 4.79 Å². The molecule has 100 valence electrons. The Morgan fingerprint density at radius 3 is 2.88 bits per heavy atom. The highest BCUT2D eigenvalue weighted by atomic mass is 16.5. The second-order valence-electron chi connectivity index (χ2n) is 4.71. The molecule has 5 nitrogen and oxygen atoms in total. The normalized spacial score (nSPS) is 25.5. The number of carboxylic acids is 1. The summed E-state index contributed by atoms with van der Waals surface area (Å²) in [6, 6.07) is -0.0342. The van der Waals surface area contributed by atoms with Gasteiger partial charge in [0.15, 0.2) is 0 Å². The summed E-state index contributed by atoms with van der Waals surface area (Å²) in [4.78, 5) is 13.2. The molecule has 1 rings (SSSR count). The van der Waals surface area contributed by atoms with Gasteiger partial charge in [0.2, 0.25) is 0 Å². The summed E-state index contributed by atoms with van der Waals surface area (Å²) >= 11 is 0. The van der Waals surface area contributed by atoms with E-state index in [0.29, 0.717) is 0 Å². The van der Waals surface area contributed by atoms with Crippen LogP contribution in [0.4, 0.5) is 0 Å². The van der Waals surface area contributed by atoms with Crippen molar-refractivity contribution in [2.45, 2.75) is 32.9 Å². The van der Waals surface area contributed by atoms with Gasteiger partial charge in [-0.15, -0.1) is 0 Å². The molecule has 5 heteroatoms. The van der Waals surface area contributed by atoms with Crippen LogP contribution in [0.15, 0.2) is 0 Å². The number of hydrogen-bond acceptors (Lipinski definition) is 4. The molecule has 3 atom stereocenters. The number of morpholine rings is 1. The van der Waals surface area contributed by atoms with Crippen LogP contribution in [0.1, 0.15) is 20.8 Å². The number of carbonyl (C=O) groups is 1. The van der Waals surface area contributed by atoms with E-state index in [1.54, 1.807) is 6.92 Å². The highest BCUT2D eigenvalue weighted by Crippen LogP contribution is 2.06. The molecule has 0 bridgehead atoms. The maximum absolute atomic E-state index is 10.8. The van der Waals surface area contributed by atoms with Crippen molar-refractivity contribution in [2.75, 3.05) is 32.8 Å². The highest BCUT2D eigenvalue weighted by Gasteiger charge is 2.23. The minimum absolute atomic E-state index is 0.0342. The Labute approximate surface area is 103 Å². The molecule has 3 unspecified atom stereocenters. The molecule has 0 saturated carbocycles. The first-order valence-corrected chi connectivity index (χ1v) is 6.34. The van der Waals surface area contributed by atoms with Crippen molar-refractivity contribution < 1.29 is 14.6 Å². The van der Waals surface area contributed by atoms with E-state index in [4.69, 9.17) is 9.84 Å². The van der Waals surface area contributed by atoms with E-state index in [1.165, 1.54) is 0 Å². The molecule has 1 heterocycles. The predicted molar refractivity (Wildman–Crippen MR) is 66.1 cm³/mol. The highest BCUT2D eigenvalue weighted by molar-refractivity contribution is 5.70. The quantitative estimate of drug-likeness (QED) is 0.708. The van der Waals surface area contributed by atoms with Gasteiger partial charge in [0, 0.05) is 25.7 Å². The van der Waals surface area contributed by atoms with Crippen LogP contribution in [0.25, 0.3) is 0 Å². The van der Waals surface area contributed by atoms with Crippen LogP contribution < -0.4 is 5.32 Å². The van der Waals surface area contributed by atoms with E-state index in [0.717, 1.165) is 32.8 Å². The first-order valence-electron chi connectivity index (χ1n) is 6.34. The zero-order valence-electron chi connectivity index (χ0n) is 11.0. The van der Waals surface area contributed by atoms with Gasteiger partial charge in [0.05, 0.1) is 18.6 Å². The Balaban J connectivity index is 2.27. The lowest BCUT2D eigenvalue weighted by molar-refractivity contribution is -0.142. The number of aliphatic carboxylic acids is 1. The summed E-state index contributed by atoms with van der Waals surface area (Å²) < 4.78 is 5.65. The number of rotatable bonds is 6. The summed E-state index contributed by atoms with van der Waals surface area (Å²) in [5, 5.41) is 12.1. The molecule has 17 heavy (non-hydrogen) atoms. The molecule has 1 aliphatic rings. The number of nitrogens with zero attached hydrogens (tertiary/aromatic N) is 1. The second kappa shape index (κ2) is 6.93. The Bertz CT molecular complexity index is 248. The zero-order valence-corrected chi connectivity index (χ0v) is 11.0. The Hall–Kier alpha value is -0.650. The SMILES string of the molecule is CCN1CCOC(CNC(C)C(C)C(=O)O)C1. The van der Waals surface area contributed by atoms with Crippen molar-refractivity contribution in [3.63, 3.8) is 0 Å². The fourth-order valence-corrected chi connectivity index (χ4v) is 1.90. The predicted octanol–water partition coefficient (Wildman–Crippen LogP) is 0.406. The van der Waals surface area contributed by atoms with E-state index in [2.05, 4.69) is 17.1 Å². The molecule has 2 N–H and O–H groups in total. The lowest BCUT2D eigenvalue weighted by Crippen LogP contribution is -2.49. The van der Waals surface area contributed by atoms with Crippen LogP contribution in [0, 0.1) is 5.92 Å². The van der Waals surface area contributed by atoms with Crippen LogP contribution in [0.2, 0.25) is 0 Å². The van der Waals surface area contributed by atoms with Gasteiger partial charge in [-0.3, -0.25) is 9.69 Å². The fraction of sp³-hybridized carbons (Fsp3) is 0.917. The lowest BCUT2D eigenvalue weighted by Gasteiger charge is -2.33. The minimum atomic E-state index is -0.759. The molecule has 0 aromatic heterocycles. The zero-order chi connectivity index (χ0) is 12.8. The molecule has 0 spiro atoms. The molecular formula is C12H24N2O3. The maximum Gasteiger partial charge on any atom is 0.307 e. The molecule has 0 radical (unpaired) electrons. The summed E-state index contributed by atoms with van der Waals surface area (Å²) in [7, 11) is 0. The molecule has 1 aliphatic heterocycles. The number of ether oxygens (including phenoxy) is 1. The fourth-order valence-electron chi connectivity index (χ4n) is 1.90. The van der Waals surface area contributed by atoms with Crippen LogP contribution in [-0.4, -0.2) is 60.9 Å². The third kappa shape index (κ3) is 4.61. The van der Waals surface area contributed by atoms with E-state index in [1.807, 2.05) is 6.92 Å². The van der Waals surface area contributed by atoms with Crippen LogP contribution in [0.5, 0.6) is 0 Å². The van der Waals surface area contributed by atoms with Crippen molar-refractivity contribution in [1.29, 1.82) is 0 Å². The molecular weight excluding hydrogens is 220 g/mol. The molecule has 0 aromatic carbocycles. The summed E-state index contributed by atoms with van der Waals surface area (Å²) in [6.45, 7) is 10.2. The summed E-state index contributed by atoms with van der Waals surface area (Å²) in [6.07, 6.45) is 0.173. The minimum Gasteiger partial charge on any atom is -0.481 e. The van der Waals surface area contributed by atoms with Crippen molar-refractivity contribution in [2.24, 2.45) is 5.92 Å². The number of likely N-dealkylation sites (N-methyl/N-ethyl adjacent to an activating group) is 1. The summed E-state index contributed by atoms with van der Waals surface area (Å²) in [5.41, 5.74) is 0. The number of carboxylic acid groups (broad SMARTS) is 1. The monoisotopic (exact) mass is 244 g/mol. The van der Waals surface area contributed by atoms with E-state index < -0.39 is 5.97 Å². The van der Waals surface area contributed by atoms with Gasteiger partial charge in [0.25, 0.3) is 0 Å². The molecule has 0 aliphatic carbocycles. The summed E-state index contributed by atoms with van der Waals surface area (Å²) in [5.74, 6) is -1.13. The van der Waals surface area contributed by atoms with Gasteiger partial charge in [-0.05, 0) is 13.5 Å². The van der Waals surface area contributed by atoms with Gasteiger partial charge in [-0.2, -0.15) is 0 Å². The number of hydrogen-bond donors (Lipinski definition) is 2. The Kier molecular flexibility index (Phi) is 5.88. The van der Waals surface area contributed by atoms with Gasteiger partial charge >= 0.3 is 5.97 Å². The van der Waals surface area contributed by atoms with Gasteiger partial charge in [-0.1, -0.05) is 13.8 Å². The van der Waals surface area contributed by atoms with Gasteiger partial charge in [-0.25, -0.2) is 0 Å². The van der Waals surface area contributed by atoms with Crippen molar-refractivity contribution in [1.82, 2.24) is 10.2 Å². The van der Waals surface area contributed by atoms with Crippen molar-refractivity contribution in [3.05, 3.63) is 0 Å². The van der Waals surface area contributed by atoms with E-state index in [-0.39, 0.29) is 18.1 Å². The van der Waals surface area contributed by atoms with Crippen molar-refractivity contribution in [3.8, 4) is 0 Å². The third-order valence-corrected chi connectivity index (χ3v) is 3.48. The second-order valence-corrected chi connectivity index (χ2v) is 4.71. The van der Waals surface area contributed by atoms with Gasteiger partial charge < -0.3 is 15.2 Å². The first kappa shape index (κ1) is 14.4. The smallest absolute Gasteiger partial charge is 0.307 e. The van der Waals surface area contributed by atoms with Crippen LogP contribution in [0.3, 0.4) is 0 Å². The first-order chi connectivity index (χ1) is 8.04. The standard InChI is InChI=1S/C12H24N2O3/c1-4-14-5-6-17-11(8-14)7-13-10(3)9(2)12(15)16/h9-11,13H,4-8H2,1-3H3,(H,15,16). The van der Waals surface area contributed by atoms with Crippen LogP contribution >= 0.6 is 0 Å². The van der Waals surface area contributed by atoms with E-state index >= 15 is 0 Å². The molecule has 1 fully saturated rings.